The van der Waals surface area contributed by atoms with E-state index in [1.165, 1.54) is 15.3 Å². The number of hydrogen-bond acceptors (Lipinski definition) is 3. The summed E-state index contributed by atoms with van der Waals surface area (Å²) in [5, 5.41) is 6.46. The molecule has 19 heavy (non-hydrogen) atoms. The molecule has 1 aliphatic rings. The minimum atomic E-state index is 0.219. The van der Waals surface area contributed by atoms with Crippen LogP contribution in [0.15, 0.2) is 6.07 Å². The van der Waals surface area contributed by atoms with Gasteiger partial charge < -0.3 is 10.6 Å². The van der Waals surface area contributed by atoms with Gasteiger partial charge in [0.05, 0.1) is 0 Å². The smallest absolute Gasteiger partial charge is 0.220 e. The fourth-order valence-electron chi connectivity index (χ4n) is 2.64. The second-order valence-corrected chi connectivity index (χ2v) is 6.84. The maximum absolute atomic E-state index is 11.9. The molecule has 0 unspecified atom stereocenters. The summed E-state index contributed by atoms with van der Waals surface area (Å²) in [6.07, 6.45) is 4.76. The van der Waals surface area contributed by atoms with Gasteiger partial charge in [-0.05, 0) is 64.3 Å². The summed E-state index contributed by atoms with van der Waals surface area (Å²) in [6.45, 7) is 6.36. The SMILES string of the molecule is Cc1cc(CCCC(=O)NC2CCNCC2)c(C)s1. The Balaban J connectivity index is 1.67. The van der Waals surface area contributed by atoms with Crippen molar-refractivity contribution in [2.75, 3.05) is 13.1 Å². The van der Waals surface area contributed by atoms with Gasteiger partial charge in [-0.1, -0.05) is 0 Å². The molecule has 1 fully saturated rings. The first kappa shape index (κ1) is 14.5. The molecule has 2 rings (SSSR count). The Labute approximate surface area is 119 Å². The van der Waals surface area contributed by atoms with E-state index in [1.807, 2.05) is 11.3 Å². The average molecular weight is 280 g/mol. The van der Waals surface area contributed by atoms with Crippen molar-refractivity contribution >= 4 is 17.2 Å². The quantitative estimate of drug-likeness (QED) is 0.870. The molecule has 1 amide bonds. The van der Waals surface area contributed by atoms with Crippen LogP contribution >= 0.6 is 11.3 Å². The van der Waals surface area contributed by atoms with Crippen LogP contribution in [0.3, 0.4) is 0 Å². The number of amides is 1. The second kappa shape index (κ2) is 7.06. The average Bonchev–Trinajstić information content (AvgIpc) is 2.69. The van der Waals surface area contributed by atoms with Gasteiger partial charge in [-0.15, -0.1) is 11.3 Å². The summed E-state index contributed by atoms with van der Waals surface area (Å²) in [7, 11) is 0. The summed E-state index contributed by atoms with van der Waals surface area (Å²) < 4.78 is 0. The lowest BCUT2D eigenvalue weighted by atomic mass is 10.1. The van der Waals surface area contributed by atoms with Crippen molar-refractivity contribution in [3.63, 3.8) is 0 Å². The number of carbonyl (C=O) groups is 1. The summed E-state index contributed by atoms with van der Waals surface area (Å²) in [5.74, 6) is 0.219. The number of rotatable bonds is 5. The van der Waals surface area contributed by atoms with Crippen LogP contribution in [-0.2, 0) is 11.2 Å². The van der Waals surface area contributed by atoms with E-state index in [2.05, 4.69) is 30.5 Å². The molecule has 1 saturated heterocycles. The molecular weight excluding hydrogens is 256 g/mol. The van der Waals surface area contributed by atoms with Gasteiger partial charge in [0.25, 0.3) is 0 Å². The van der Waals surface area contributed by atoms with E-state index in [1.54, 1.807) is 0 Å². The van der Waals surface area contributed by atoms with E-state index in [4.69, 9.17) is 0 Å². The normalized spacial score (nSPS) is 16.5. The number of thiophene rings is 1. The molecular formula is C15H24N2OS. The van der Waals surface area contributed by atoms with Gasteiger partial charge in [-0.25, -0.2) is 0 Å². The van der Waals surface area contributed by atoms with Gasteiger partial charge in [-0.3, -0.25) is 4.79 Å². The Hall–Kier alpha value is -0.870. The Bertz CT molecular complexity index is 422. The minimum Gasteiger partial charge on any atom is -0.353 e. The van der Waals surface area contributed by atoms with Crippen LogP contribution in [0.25, 0.3) is 0 Å². The predicted octanol–water partition coefficient (Wildman–Crippen LogP) is 2.56. The van der Waals surface area contributed by atoms with Crippen molar-refractivity contribution in [1.29, 1.82) is 0 Å². The predicted molar refractivity (Wildman–Crippen MR) is 80.8 cm³/mol. The zero-order valence-corrected chi connectivity index (χ0v) is 12.7. The third kappa shape index (κ3) is 4.62. The largest absolute Gasteiger partial charge is 0.353 e. The third-order valence-corrected chi connectivity index (χ3v) is 4.71. The summed E-state index contributed by atoms with van der Waals surface area (Å²) in [6, 6.07) is 2.64. The van der Waals surface area contributed by atoms with E-state index < -0.39 is 0 Å². The topological polar surface area (TPSA) is 41.1 Å². The zero-order chi connectivity index (χ0) is 13.7. The highest BCUT2D eigenvalue weighted by molar-refractivity contribution is 7.12. The summed E-state index contributed by atoms with van der Waals surface area (Å²) >= 11 is 1.85. The van der Waals surface area contributed by atoms with Crippen LogP contribution in [0.2, 0.25) is 0 Å². The molecule has 2 heterocycles. The van der Waals surface area contributed by atoms with E-state index in [9.17, 15) is 4.79 Å². The Morgan fingerprint density at radius 1 is 1.42 bits per heavy atom. The van der Waals surface area contributed by atoms with E-state index >= 15 is 0 Å². The van der Waals surface area contributed by atoms with Crippen molar-refractivity contribution < 1.29 is 4.79 Å². The van der Waals surface area contributed by atoms with E-state index in [-0.39, 0.29) is 5.91 Å². The van der Waals surface area contributed by atoms with Crippen molar-refractivity contribution in [2.45, 2.75) is 52.0 Å². The third-order valence-electron chi connectivity index (χ3n) is 3.70. The molecule has 3 nitrogen and oxygen atoms in total. The molecule has 0 saturated carbocycles. The summed E-state index contributed by atoms with van der Waals surface area (Å²) in [5.41, 5.74) is 1.41. The number of piperidine rings is 1. The number of carbonyl (C=O) groups excluding carboxylic acids is 1. The highest BCUT2D eigenvalue weighted by Crippen LogP contribution is 2.22. The first-order valence-electron chi connectivity index (χ1n) is 7.21. The van der Waals surface area contributed by atoms with Crippen LogP contribution in [0, 0.1) is 13.8 Å². The Kier molecular flexibility index (Phi) is 5.40. The van der Waals surface area contributed by atoms with Gasteiger partial charge in [0.2, 0.25) is 5.91 Å². The number of nitrogens with one attached hydrogen (secondary N) is 2. The highest BCUT2D eigenvalue weighted by atomic mass is 32.1. The van der Waals surface area contributed by atoms with Crippen molar-refractivity contribution in [1.82, 2.24) is 10.6 Å². The molecule has 1 aromatic rings. The van der Waals surface area contributed by atoms with Crippen LogP contribution in [0.4, 0.5) is 0 Å². The Morgan fingerprint density at radius 3 is 2.79 bits per heavy atom. The van der Waals surface area contributed by atoms with Crippen LogP contribution in [0.1, 0.15) is 41.0 Å². The molecule has 106 valence electrons. The molecule has 1 aliphatic heterocycles. The van der Waals surface area contributed by atoms with Gasteiger partial charge >= 0.3 is 0 Å². The monoisotopic (exact) mass is 280 g/mol. The molecule has 1 aromatic heterocycles. The zero-order valence-electron chi connectivity index (χ0n) is 11.9. The lowest BCUT2D eigenvalue weighted by Gasteiger charge is -2.23. The number of hydrogen-bond donors (Lipinski definition) is 2. The molecule has 0 radical (unpaired) electrons. The van der Waals surface area contributed by atoms with E-state index in [0.29, 0.717) is 12.5 Å². The molecule has 0 spiro atoms. The molecule has 0 atom stereocenters. The first-order chi connectivity index (χ1) is 9.15. The van der Waals surface area contributed by atoms with Gasteiger partial charge in [0, 0.05) is 22.2 Å². The van der Waals surface area contributed by atoms with E-state index in [0.717, 1.165) is 38.8 Å². The first-order valence-corrected chi connectivity index (χ1v) is 8.03. The standard InChI is InChI=1S/C15H24N2OS/c1-11-10-13(12(2)19-11)4-3-5-15(18)17-14-6-8-16-9-7-14/h10,14,16H,3-9H2,1-2H3,(H,17,18). The molecule has 0 bridgehead atoms. The minimum absolute atomic E-state index is 0.219. The fraction of sp³-hybridized carbons (Fsp3) is 0.667. The molecule has 0 aliphatic carbocycles. The Morgan fingerprint density at radius 2 is 2.16 bits per heavy atom. The van der Waals surface area contributed by atoms with Crippen LogP contribution in [0.5, 0.6) is 0 Å². The maximum Gasteiger partial charge on any atom is 0.220 e. The van der Waals surface area contributed by atoms with Crippen molar-refractivity contribution in [3.05, 3.63) is 21.4 Å². The number of aryl methyl sites for hydroxylation is 3. The second-order valence-electron chi connectivity index (χ2n) is 5.38. The van der Waals surface area contributed by atoms with Gasteiger partial charge in [0.1, 0.15) is 0 Å². The highest BCUT2D eigenvalue weighted by Gasteiger charge is 2.15. The van der Waals surface area contributed by atoms with Gasteiger partial charge in [-0.2, -0.15) is 0 Å². The lowest BCUT2D eigenvalue weighted by molar-refractivity contribution is -0.122. The lowest BCUT2D eigenvalue weighted by Crippen LogP contribution is -2.42. The van der Waals surface area contributed by atoms with Crippen LogP contribution < -0.4 is 10.6 Å². The molecule has 4 heteroatoms. The van der Waals surface area contributed by atoms with Gasteiger partial charge in [0.15, 0.2) is 0 Å². The fourth-order valence-corrected chi connectivity index (χ4v) is 3.61. The van der Waals surface area contributed by atoms with Crippen molar-refractivity contribution in [2.24, 2.45) is 0 Å². The molecule has 0 aromatic carbocycles. The van der Waals surface area contributed by atoms with Crippen molar-refractivity contribution in [3.8, 4) is 0 Å². The maximum atomic E-state index is 11.9. The summed E-state index contributed by atoms with van der Waals surface area (Å²) in [4.78, 5) is 14.6. The van der Waals surface area contributed by atoms with Crippen LogP contribution in [-0.4, -0.2) is 25.0 Å². The molecule has 2 N–H and O–H groups in total.